The van der Waals surface area contributed by atoms with Gasteiger partial charge in [-0.05, 0) is 6.07 Å². The first-order chi connectivity index (χ1) is 7.45. The van der Waals surface area contributed by atoms with E-state index in [1.54, 1.807) is 29.9 Å². The van der Waals surface area contributed by atoms with Gasteiger partial charge in [0.25, 0.3) is 0 Å². The first-order valence-corrected chi connectivity index (χ1v) is 5.42. The van der Waals surface area contributed by atoms with Crippen molar-refractivity contribution >= 4 is 21.6 Å². The molecule has 0 radical (unpaired) electrons. The number of thiazole rings is 1. The van der Waals surface area contributed by atoms with E-state index >= 15 is 0 Å². The van der Waals surface area contributed by atoms with Crippen molar-refractivity contribution in [2.75, 3.05) is 0 Å². The lowest BCUT2D eigenvalue weighted by Gasteiger charge is -1.99. The fourth-order valence-corrected chi connectivity index (χ4v) is 2.23. The molecule has 0 saturated carbocycles. The lowest BCUT2D eigenvalue weighted by molar-refractivity contribution is 1.21. The summed E-state index contributed by atoms with van der Waals surface area (Å²) in [7, 11) is 0. The Hall–Kier alpha value is -1.81. The van der Waals surface area contributed by atoms with Gasteiger partial charge in [-0.25, -0.2) is 4.98 Å². The summed E-state index contributed by atoms with van der Waals surface area (Å²) in [6.07, 6.45) is 5.12. The van der Waals surface area contributed by atoms with Crippen molar-refractivity contribution in [3.8, 4) is 11.3 Å². The van der Waals surface area contributed by atoms with Crippen molar-refractivity contribution in [3.63, 3.8) is 0 Å². The summed E-state index contributed by atoms with van der Waals surface area (Å²) in [4.78, 5) is 12.7. The maximum Gasteiger partial charge on any atom is 0.0907 e. The molecule has 2 aromatic heterocycles. The van der Waals surface area contributed by atoms with E-state index < -0.39 is 0 Å². The van der Waals surface area contributed by atoms with Gasteiger partial charge in [-0.2, -0.15) is 0 Å². The van der Waals surface area contributed by atoms with Gasteiger partial charge in [0.1, 0.15) is 0 Å². The maximum atomic E-state index is 4.35. The molecule has 3 aromatic rings. The summed E-state index contributed by atoms with van der Waals surface area (Å²) in [6.45, 7) is 0. The van der Waals surface area contributed by atoms with Gasteiger partial charge in [0.15, 0.2) is 0 Å². The Kier molecular flexibility index (Phi) is 1.93. The van der Waals surface area contributed by atoms with Crippen LogP contribution >= 0.6 is 11.3 Å². The van der Waals surface area contributed by atoms with Gasteiger partial charge in [-0.1, -0.05) is 12.1 Å². The van der Waals surface area contributed by atoms with Crippen LogP contribution in [0.25, 0.3) is 21.5 Å². The summed E-state index contributed by atoms with van der Waals surface area (Å²) in [6, 6.07) is 6.10. The molecule has 0 saturated heterocycles. The number of nitrogens with zero attached hydrogens (tertiary/aromatic N) is 3. The lowest BCUT2D eigenvalue weighted by atomic mass is 10.1. The fraction of sp³-hybridized carbons (Fsp3) is 0. The SMILES string of the molecule is c1cc(-c2cnccn2)c2ncsc2c1. The molecule has 0 N–H and O–H groups in total. The second kappa shape index (κ2) is 3.40. The van der Waals surface area contributed by atoms with Crippen molar-refractivity contribution in [1.29, 1.82) is 0 Å². The summed E-state index contributed by atoms with van der Waals surface area (Å²) >= 11 is 1.64. The third-order valence-electron chi connectivity index (χ3n) is 2.20. The molecule has 2 heterocycles. The highest BCUT2D eigenvalue weighted by atomic mass is 32.1. The van der Waals surface area contributed by atoms with E-state index in [4.69, 9.17) is 0 Å². The molecule has 0 fully saturated rings. The third-order valence-corrected chi connectivity index (χ3v) is 2.99. The van der Waals surface area contributed by atoms with Gasteiger partial charge >= 0.3 is 0 Å². The molecule has 3 nitrogen and oxygen atoms in total. The van der Waals surface area contributed by atoms with Crippen molar-refractivity contribution in [2.24, 2.45) is 0 Å². The molecule has 0 spiro atoms. The number of para-hydroxylation sites is 1. The van der Waals surface area contributed by atoms with Crippen molar-refractivity contribution < 1.29 is 0 Å². The van der Waals surface area contributed by atoms with Gasteiger partial charge in [0.05, 0.1) is 27.6 Å². The van der Waals surface area contributed by atoms with Crippen LogP contribution in [0.5, 0.6) is 0 Å². The number of hydrogen-bond acceptors (Lipinski definition) is 4. The maximum absolute atomic E-state index is 4.35. The molecule has 0 bridgehead atoms. The molecule has 0 aliphatic heterocycles. The first kappa shape index (κ1) is 8.49. The highest BCUT2D eigenvalue weighted by Gasteiger charge is 2.06. The standard InChI is InChI=1S/C11H7N3S/c1-2-8(9-6-12-4-5-13-9)11-10(3-1)15-7-14-11/h1-7H. The zero-order valence-electron chi connectivity index (χ0n) is 7.79. The quantitative estimate of drug-likeness (QED) is 0.624. The van der Waals surface area contributed by atoms with Crippen LogP contribution in [0, 0.1) is 0 Å². The van der Waals surface area contributed by atoms with Gasteiger partial charge in [0.2, 0.25) is 0 Å². The Balaban J connectivity index is 2.31. The van der Waals surface area contributed by atoms with E-state index in [-0.39, 0.29) is 0 Å². The molecule has 0 atom stereocenters. The lowest BCUT2D eigenvalue weighted by Crippen LogP contribution is -1.85. The van der Waals surface area contributed by atoms with Gasteiger partial charge in [-0.3, -0.25) is 9.97 Å². The van der Waals surface area contributed by atoms with Crippen LogP contribution in [0.3, 0.4) is 0 Å². The molecule has 4 heteroatoms. The molecular formula is C11H7N3S. The Morgan fingerprint density at radius 2 is 2.07 bits per heavy atom. The highest BCUT2D eigenvalue weighted by molar-refractivity contribution is 7.16. The van der Waals surface area contributed by atoms with E-state index in [9.17, 15) is 0 Å². The second-order valence-electron chi connectivity index (χ2n) is 3.10. The molecule has 15 heavy (non-hydrogen) atoms. The number of rotatable bonds is 1. The van der Waals surface area contributed by atoms with Gasteiger partial charge in [0, 0.05) is 18.0 Å². The largest absolute Gasteiger partial charge is 0.261 e. The van der Waals surface area contributed by atoms with E-state index in [2.05, 4.69) is 21.0 Å². The topological polar surface area (TPSA) is 38.7 Å². The van der Waals surface area contributed by atoms with E-state index in [0.29, 0.717) is 0 Å². The van der Waals surface area contributed by atoms with Crippen molar-refractivity contribution in [2.45, 2.75) is 0 Å². The number of aromatic nitrogens is 3. The molecule has 0 amide bonds. The molecule has 1 aromatic carbocycles. The average molecular weight is 213 g/mol. The summed E-state index contributed by atoms with van der Waals surface area (Å²) in [5, 5.41) is 0. The molecule has 72 valence electrons. The number of hydrogen-bond donors (Lipinski definition) is 0. The highest BCUT2D eigenvalue weighted by Crippen LogP contribution is 2.27. The Morgan fingerprint density at radius 1 is 1.07 bits per heavy atom. The summed E-state index contributed by atoms with van der Waals surface area (Å²) in [5.41, 5.74) is 4.77. The third kappa shape index (κ3) is 1.39. The van der Waals surface area contributed by atoms with E-state index in [0.717, 1.165) is 16.8 Å². The van der Waals surface area contributed by atoms with Crippen LogP contribution in [0.4, 0.5) is 0 Å². The molecule has 0 unspecified atom stereocenters. The molecule has 0 aliphatic carbocycles. The Labute approximate surface area is 90.5 Å². The number of benzene rings is 1. The van der Waals surface area contributed by atoms with Crippen molar-refractivity contribution in [3.05, 3.63) is 42.3 Å². The second-order valence-corrected chi connectivity index (χ2v) is 3.98. The minimum absolute atomic E-state index is 0.869. The first-order valence-electron chi connectivity index (χ1n) is 4.54. The molecular weight excluding hydrogens is 206 g/mol. The molecule has 3 rings (SSSR count). The minimum atomic E-state index is 0.869. The van der Waals surface area contributed by atoms with E-state index in [1.807, 2.05) is 17.6 Å². The fourth-order valence-electron chi connectivity index (χ4n) is 1.53. The van der Waals surface area contributed by atoms with Crippen LogP contribution in [-0.4, -0.2) is 15.0 Å². The van der Waals surface area contributed by atoms with Gasteiger partial charge in [-0.15, -0.1) is 11.3 Å². The van der Waals surface area contributed by atoms with Crippen LogP contribution in [0.15, 0.2) is 42.3 Å². The smallest absolute Gasteiger partial charge is 0.0907 e. The van der Waals surface area contributed by atoms with Gasteiger partial charge < -0.3 is 0 Å². The van der Waals surface area contributed by atoms with Crippen molar-refractivity contribution in [1.82, 2.24) is 15.0 Å². The number of fused-ring (bicyclic) bond motifs is 1. The summed E-state index contributed by atoms with van der Waals surface area (Å²) < 4.78 is 1.18. The summed E-state index contributed by atoms with van der Waals surface area (Å²) in [5.74, 6) is 0. The molecule has 0 aliphatic rings. The van der Waals surface area contributed by atoms with Crippen LogP contribution in [-0.2, 0) is 0 Å². The predicted octanol–water partition coefficient (Wildman–Crippen LogP) is 2.75. The monoisotopic (exact) mass is 213 g/mol. The minimum Gasteiger partial charge on any atom is -0.261 e. The Morgan fingerprint density at radius 3 is 2.93 bits per heavy atom. The van der Waals surface area contributed by atoms with Crippen LogP contribution < -0.4 is 0 Å². The van der Waals surface area contributed by atoms with Crippen LogP contribution in [0.2, 0.25) is 0 Å². The average Bonchev–Trinajstić information content (AvgIpc) is 2.78. The zero-order chi connectivity index (χ0) is 10.1. The Bertz CT molecular complexity index is 589. The predicted molar refractivity (Wildman–Crippen MR) is 60.6 cm³/mol. The normalized spacial score (nSPS) is 10.7. The van der Waals surface area contributed by atoms with E-state index in [1.165, 1.54) is 4.70 Å². The van der Waals surface area contributed by atoms with Crippen LogP contribution in [0.1, 0.15) is 0 Å². The zero-order valence-corrected chi connectivity index (χ0v) is 8.61.